The lowest BCUT2D eigenvalue weighted by atomic mass is 10.1. The SMILES string of the molecule is C=Cc1ccc(CCC[NH+](CC)CC)cc1.[Br-]. The van der Waals surface area contributed by atoms with Crippen LogP contribution in [-0.4, -0.2) is 19.6 Å². The molecule has 1 aromatic carbocycles. The maximum atomic E-state index is 3.76. The molecule has 1 nitrogen and oxygen atoms in total. The molecule has 0 fully saturated rings. The van der Waals surface area contributed by atoms with Crippen LogP contribution < -0.4 is 21.9 Å². The zero-order chi connectivity index (χ0) is 11.8. The Morgan fingerprint density at radius 2 is 1.71 bits per heavy atom. The van der Waals surface area contributed by atoms with Crippen molar-refractivity contribution in [3.63, 3.8) is 0 Å². The van der Waals surface area contributed by atoms with Crippen molar-refractivity contribution in [1.29, 1.82) is 0 Å². The summed E-state index contributed by atoms with van der Waals surface area (Å²) in [6, 6.07) is 8.72. The van der Waals surface area contributed by atoms with Gasteiger partial charge >= 0.3 is 0 Å². The van der Waals surface area contributed by atoms with E-state index in [4.69, 9.17) is 0 Å². The Bertz CT molecular complexity index is 301. The van der Waals surface area contributed by atoms with E-state index >= 15 is 0 Å². The number of hydrogen-bond acceptors (Lipinski definition) is 0. The zero-order valence-electron chi connectivity index (χ0n) is 11.0. The molecule has 1 rings (SSSR count). The van der Waals surface area contributed by atoms with E-state index in [-0.39, 0.29) is 17.0 Å². The van der Waals surface area contributed by atoms with Gasteiger partial charge in [-0.2, -0.15) is 0 Å². The van der Waals surface area contributed by atoms with Gasteiger partial charge in [0, 0.05) is 6.42 Å². The van der Waals surface area contributed by atoms with Crippen molar-refractivity contribution in [1.82, 2.24) is 0 Å². The van der Waals surface area contributed by atoms with E-state index in [0.29, 0.717) is 0 Å². The molecule has 0 aliphatic carbocycles. The van der Waals surface area contributed by atoms with Crippen LogP contribution in [0.4, 0.5) is 0 Å². The van der Waals surface area contributed by atoms with Crippen LogP contribution in [0.15, 0.2) is 30.8 Å². The first-order valence-electron chi connectivity index (χ1n) is 6.35. The Morgan fingerprint density at radius 1 is 1.12 bits per heavy atom. The molecule has 0 spiro atoms. The fourth-order valence-electron chi connectivity index (χ4n) is 1.97. The first kappa shape index (κ1) is 16.4. The first-order chi connectivity index (χ1) is 7.80. The van der Waals surface area contributed by atoms with Gasteiger partial charge in [-0.3, -0.25) is 0 Å². The number of rotatable bonds is 7. The highest BCUT2D eigenvalue weighted by Crippen LogP contribution is 2.06. The molecule has 0 atom stereocenters. The lowest BCUT2D eigenvalue weighted by Gasteiger charge is -2.14. The Balaban J connectivity index is 0.00000256. The second-order valence-electron chi connectivity index (χ2n) is 4.26. The molecule has 1 N–H and O–H groups in total. The van der Waals surface area contributed by atoms with Crippen LogP contribution >= 0.6 is 0 Å². The van der Waals surface area contributed by atoms with Crippen molar-refractivity contribution >= 4 is 6.08 Å². The number of benzene rings is 1. The van der Waals surface area contributed by atoms with Gasteiger partial charge in [0.25, 0.3) is 0 Å². The van der Waals surface area contributed by atoms with Crippen LogP contribution in [0.25, 0.3) is 6.08 Å². The summed E-state index contributed by atoms with van der Waals surface area (Å²) in [5, 5.41) is 0. The maximum Gasteiger partial charge on any atom is 0.0774 e. The van der Waals surface area contributed by atoms with Crippen LogP contribution in [0.5, 0.6) is 0 Å². The Labute approximate surface area is 116 Å². The second-order valence-corrected chi connectivity index (χ2v) is 4.26. The highest BCUT2D eigenvalue weighted by molar-refractivity contribution is 5.47. The summed E-state index contributed by atoms with van der Waals surface area (Å²) in [6.07, 6.45) is 4.37. The van der Waals surface area contributed by atoms with E-state index in [0.717, 1.165) is 0 Å². The van der Waals surface area contributed by atoms with Crippen LogP contribution in [0.3, 0.4) is 0 Å². The summed E-state index contributed by atoms with van der Waals surface area (Å²) in [5.41, 5.74) is 2.65. The van der Waals surface area contributed by atoms with E-state index in [1.807, 2.05) is 6.08 Å². The van der Waals surface area contributed by atoms with E-state index in [1.54, 1.807) is 4.90 Å². The molecule has 0 saturated carbocycles. The van der Waals surface area contributed by atoms with Gasteiger partial charge in [0.05, 0.1) is 19.6 Å². The molecule has 0 aliphatic heterocycles. The van der Waals surface area contributed by atoms with Crippen LogP contribution in [0.1, 0.15) is 31.4 Å². The number of aryl methyl sites for hydroxylation is 1. The maximum absolute atomic E-state index is 3.76. The summed E-state index contributed by atoms with van der Waals surface area (Å²) >= 11 is 0. The zero-order valence-corrected chi connectivity index (χ0v) is 12.6. The Kier molecular flexibility index (Phi) is 9.10. The number of hydrogen-bond donors (Lipinski definition) is 1. The third-order valence-corrected chi connectivity index (χ3v) is 3.21. The van der Waals surface area contributed by atoms with Gasteiger partial charge in [-0.1, -0.05) is 36.9 Å². The van der Waals surface area contributed by atoms with Crippen LogP contribution in [-0.2, 0) is 6.42 Å². The fraction of sp³-hybridized carbons (Fsp3) is 0.467. The van der Waals surface area contributed by atoms with Crippen molar-refractivity contribution < 1.29 is 21.9 Å². The van der Waals surface area contributed by atoms with Crippen molar-refractivity contribution in [2.24, 2.45) is 0 Å². The number of halogens is 1. The van der Waals surface area contributed by atoms with Crippen molar-refractivity contribution in [3.05, 3.63) is 42.0 Å². The standard InChI is InChI=1S/C15H23N.BrH/c1-4-14-9-11-15(12-10-14)8-7-13-16(5-2)6-3;/h4,9-12H,1,5-8,13H2,2-3H3;1H. The lowest BCUT2D eigenvalue weighted by Crippen LogP contribution is -3.11. The van der Waals surface area contributed by atoms with Gasteiger partial charge in [-0.05, 0) is 31.4 Å². The molecule has 1 aromatic rings. The minimum Gasteiger partial charge on any atom is -1.00 e. The summed E-state index contributed by atoms with van der Waals surface area (Å²) in [4.78, 5) is 1.70. The summed E-state index contributed by atoms with van der Waals surface area (Å²) in [6.45, 7) is 12.1. The molecule has 17 heavy (non-hydrogen) atoms. The van der Waals surface area contributed by atoms with Gasteiger partial charge < -0.3 is 21.9 Å². The fourth-order valence-corrected chi connectivity index (χ4v) is 1.97. The van der Waals surface area contributed by atoms with E-state index in [9.17, 15) is 0 Å². The molecular weight excluding hydrogens is 274 g/mol. The van der Waals surface area contributed by atoms with E-state index in [1.165, 1.54) is 43.6 Å². The summed E-state index contributed by atoms with van der Waals surface area (Å²) in [7, 11) is 0. The Hall–Kier alpha value is -0.600. The normalized spacial score (nSPS) is 10.1. The van der Waals surface area contributed by atoms with Crippen molar-refractivity contribution in [3.8, 4) is 0 Å². The summed E-state index contributed by atoms with van der Waals surface area (Å²) in [5.74, 6) is 0. The number of nitrogens with one attached hydrogen (secondary N) is 1. The molecule has 0 radical (unpaired) electrons. The third-order valence-electron chi connectivity index (χ3n) is 3.21. The predicted molar refractivity (Wildman–Crippen MR) is 71.8 cm³/mol. The predicted octanol–water partition coefficient (Wildman–Crippen LogP) is -0.809. The first-order valence-corrected chi connectivity index (χ1v) is 6.35. The lowest BCUT2D eigenvalue weighted by molar-refractivity contribution is -0.896. The third kappa shape index (κ3) is 6.04. The van der Waals surface area contributed by atoms with Gasteiger partial charge in [-0.15, -0.1) is 0 Å². The molecular formula is C15H24BrN. The number of quaternary nitrogens is 1. The van der Waals surface area contributed by atoms with Crippen molar-refractivity contribution in [2.45, 2.75) is 26.7 Å². The molecule has 0 aromatic heterocycles. The largest absolute Gasteiger partial charge is 1.00 e. The van der Waals surface area contributed by atoms with Crippen LogP contribution in [0.2, 0.25) is 0 Å². The monoisotopic (exact) mass is 297 g/mol. The molecule has 0 bridgehead atoms. The molecule has 0 amide bonds. The second kappa shape index (κ2) is 9.43. The highest BCUT2D eigenvalue weighted by Gasteiger charge is 2.01. The van der Waals surface area contributed by atoms with Gasteiger partial charge in [0.2, 0.25) is 0 Å². The minimum atomic E-state index is 0. The van der Waals surface area contributed by atoms with E-state index in [2.05, 4.69) is 44.7 Å². The topological polar surface area (TPSA) is 4.44 Å². The van der Waals surface area contributed by atoms with Crippen molar-refractivity contribution in [2.75, 3.05) is 19.6 Å². The average molecular weight is 298 g/mol. The molecule has 0 unspecified atom stereocenters. The van der Waals surface area contributed by atoms with Crippen LogP contribution in [0, 0.1) is 0 Å². The quantitative estimate of drug-likeness (QED) is 0.672. The summed E-state index contributed by atoms with van der Waals surface area (Å²) < 4.78 is 0. The molecule has 2 heteroatoms. The highest BCUT2D eigenvalue weighted by atomic mass is 79.9. The molecule has 0 saturated heterocycles. The molecule has 96 valence electrons. The van der Waals surface area contributed by atoms with E-state index < -0.39 is 0 Å². The smallest absolute Gasteiger partial charge is 0.0774 e. The molecule has 0 aliphatic rings. The van der Waals surface area contributed by atoms with Gasteiger partial charge in [0.15, 0.2) is 0 Å². The van der Waals surface area contributed by atoms with Gasteiger partial charge in [0.1, 0.15) is 0 Å². The van der Waals surface area contributed by atoms with Gasteiger partial charge in [-0.25, -0.2) is 0 Å². The minimum absolute atomic E-state index is 0. The average Bonchev–Trinajstić information content (AvgIpc) is 2.35. The Morgan fingerprint density at radius 3 is 2.18 bits per heavy atom. The molecule has 0 heterocycles.